The Morgan fingerprint density at radius 1 is 1.41 bits per heavy atom. The highest BCUT2D eigenvalue weighted by atomic mass is 15.3. The van der Waals surface area contributed by atoms with Gasteiger partial charge in [-0.3, -0.25) is 0 Å². The van der Waals surface area contributed by atoms with Gasteiger partial charge < -0.3 is 10.6 Å². The molecule has 0 aliphatic heterocycles. The van der Waals surface area contributed by atoms with Crippen LogP contribution < -0.4 is 10.6 Å². The summed E-state index contributed by atoms with van der Waals surface area (Å²) in [5, 5.41) is 0. The van der Waals surface area contributed by atoms with E-state index in [9.17, 15) is 0 Å². The lowest BCUT2D eigenvalue weighted by Crippen LogP contribution is -2.29. The van der Waals surface area contributed by atoms with Crippen LogP contribution in [0.15, 0.2) is 6.07 Å². The third kappa shape index (κ3) is 3.16. The van der Waals surface area contributed by atoms with Gasteiger partial charge >= 0.3 is 0 Å². The first-order valence-corrected chi connectivity index (χ1v) is 6.56. The molecule has 0 bridgehead atoms. The van der Waals surface area contributed by atoms with Gasteiger partial charge in [0.1, 0.15) is 0 Å². The summed E-state index contributed by atoms with van der Waals surface area (Å²) in [6.07, 6.45) is 4.96. The Morgan fingerprint density at radius 2 is 2.18 bits per heavy atom. The van der Waals surface area contributed by atoms with Crippen LogP contribution in [0, 0.1) is 6.92 Å². The number of aromatic nitrogens is 2. The standard InChI is InChI=1S/C13H22N4/c1-3-4-7-17(12-5-6-12)13-15-10(2)8-11(9-14)16-13/h8,12H,3-7,9,14H2,1-2H3. The minimum Gasteiger partial charge on any atom is -0.338 e. The van der Waals surface area contributed by atoms with Crippen LogP contribution in [-0.2, 0) is 6.54 Å². The second kappa shape index (κ2) is 5.45. The SMILES string of the molecule is CCCCN(c1nc(C)cc(CN)n1)C1CC1. The van der Waals surface area contributed by atoms with Gasteiger partial charge in [-0.2, -0.15) is 0 Å². The fourth-order valence-electron chi connectivity index (χ4n) is 2.01. The van der Waals surface area contributed by atoms with E-state index in [4.69, 9.17) is 5.73 Å². The molecule has 1 aliphatic carbocycles. The lowest BCUT2D eigenvalue weighted by Gasteiger charge is -2.22. The summed E-state index contributed by atoms with van der Waals surface area (Å²) in [6.45, 7) is 5.78. The van der Waals surface area contributed by atoms with Crippen LogP contribution in [0.1, 0.15) is 44.0 Å². The Hall–Kier alpha value is -1.16. The molecule has 1 aromatic rings. The van der Waals surface area contributed by atoms with Gasteiger partial charge in [0.05, 0.1) is 5.69 Å². The van der Waals surface area contributed by atoms with Gasteiger partial charge in [0.2, 0.25) is 5.95 Å². The average Bonchev–Trinajstić information content (AvgIpc) is 3.13. The predicted molar refractivity (Wildman–Crippen MR) is 69.9 cm³/mol. The monoisotopic (exact) mass is 234 g/mol. The summed E-state index contributed by atoms with van der Waals surface area (Å²) >= 11 is 0. The molecule has 0 atom stereocenters. The predicted octanol–water partition coefficient (Wildman–Crippen LogP) is 2.01. The minimum atomic E-state index is 0.489. The van der Waals surface area contributed by atoms with Gasteiger partial charge in [0.25, 0.3) is 0 Å². The van der Waals surface area contributed by atoms with E-state index in [0.29, 0.717) is 12.6 Å². The molecule has 2 N–H and O–H groups in total. The van der Waals surface area contributed by atoms with Gasteiger partial charge in [-0.05, 0) is 32.3 Å². The Morgan fingerprint density at radius 3 is 2.76 bits per heavy atom. The molecule has 0 spiro atoms. The van der Waals surface area contributed by atoms with Gasteiger partial charge in [-0.1, -0.05) is 13.3 Å². The van der Waals surface area contributed by atoms with E-state index in [0.717, 1.165) is 23.9 Å². The van der Waals surface area contributed by atoms with Crippen LogP contribution in [-0.4, -0.2) is 22.6 Å². The number of nitrogens with two attached hydrogens (primary N) is 1. The van der Waals surface area contributed by atoms with Crippen molar-refractivity contribution >= 4 is 5.95 Å². The van der Waals surface area contributed by atoms with E-state index in [1.165, 1.54) is 25.7 Å². The number of anilines is 1. The van der Waals surface area contributed by atoms with Crippen molar-refractivity contribution in [1.82, 2.24) is 9.97 Å². The molecule has 0 saturated heterocycles. The van der Waals surface area contributed by atoms with Crippen LogP contribution >= 0.6 is 0 Å². The molecule has 1 saturated carbocycles. The molecular weight excluding hydrogens is 212 g/mol. The zero-order valence-electron chi connectivity index (χ0n) is 10.8. The van der Waals surface area contributed by atoms with Gasteiger partial charge in [0.15, 0.2) is 0 Å². The second-order valence-corrected chi connectivity index (χ2v) is 4.78. The van der Waals surface area contributed by atoms with Crippen molar-refractivity contribution in [3.05, 3.63) is 17.5 Å². The molecule has 17 heavy (non-hydrogen) atoms. The van der Waals surface area contributed by atoms with Crippen LogP contribution in [0.5, 0.6) is 0 Å². The van der Waals surface area contributed by atoms with Crippen molar-refractivity contribution in [3.8, 4) is 0 Å². The average molecular weight is 234 g/mol. The summed E-state index contributed by atoms with van der Waals surface area (Å²) in [6, 6.07) is 2.63. The Bertz CT molecular complexity index is 374. The van der Waals surface area contributed by atoms with Gasteiger partial charge in [0, 0.05) is 24.8 Å². The van der Waals surface area contributed by atoms with Crippen LogP contribution in [0.4, 0.5) is 5.95 Å². The van der Waals surface area contributed by atoms with Crippen molar-refractivity contribution in [1.29, 1.82) is 0 Å². The van der Waals surface area contributed by atoms with E-state index >= 15 is 0 Å². The molecule has 1 aromatic heterocycles. The molecule has 1 aliphatic rings. The fraction of sp³-hybridized carbons (Fsp3) is 0.692. The van der Waals surface area contributed by atoms with Crippen molar-refractivity contribution in [2.75, 3.05) is 11.4 Å². The second-order valence-electron chi connectivity index (χ2n) is 4.78. The molecular formula is C13H22N4. The Balaban J connectivity index is 2.18. The first kappa shape index (κ1) is 12.3. The summed E-state index contributed by atoms with van der Waals surface area (Å²) in [4.78, 5) is 11.5. The molecule has 0 aromatic carbocycles. The van der Waals surface area contributed by atoms with E-state index in [2.05, 4.69) is 21.8 Å². The topological polar surface area (TPSA) is 55.0 Å². The molecule has 94 valence electrons. The molecule has 4 heteroatoms. The third-order valence-corrected chi connectivity index (χ3v) is 3.10. The molecule has 4 nitrogen and oxygen atoms in total. The first-order valence-electron chi connectivity index (χ1n) is 6.56. The van der Waals surface area contributed by atoms with Gasteiger partial charge in [-0.15, -0.1) is 0 Å². The Kier molecular flexibility index (Phi) is 3.94. The van der Waals surface area contributed by atoms with E-state index < -0.39 is 0 Å². The summed E-state index contributed by atoms with van der Waals surface area (Å²) < 4.78 is 0. The molecule has 0 radical (unpaired) electrons. The van der Waals surface area contributed by atoms with Crippen LogP contribution in [0.3, 0.4) is 0 Å². The quantitative estimate of drug-likeness (QED) is 0.818. The summed E-state index contributed by atoms with van der Waals surface area (Å²) in [5.41, 5.74) is 7.62. The zero-order chi connectivity index (χ0) is 12.3. The molecule has 0 amide bonds. The maximum Gasteiger partial charge on any atom is 0.226 e. The maximum atomic E-state index is 5.67. The molecule has 1 heterocycles. The third-order valence-electron chi connectivity index (χ3n) is 3.10. The number of hydrogen-bond donors (Lipinski definition) is 1. The van der Waals surface area contributed by atoms with E-state index in [1.54, 1.807) is 0 Å². The number of unbranched alkanes of at least 4 members (excludes halogenated alkanes) is 1. The van der Waals surface area contributed by atoms with Gasteiger partial charge in [-0.25, -0.2) is 9.97 Å². The molecule has 1 fully saturated rings. The lowest BCUT2D eigenvalue weighted by molar-refractivity contribution is 0.689. The Labute approximate surface area is 103 Å². The van der Waals surface area contributed by atoms with Crippen LogP contribution in [0.2, 0.25) is 0 Å². The largest absolute Gasteiger partial charge is 0.338 e. The minimum absolute atomic E-state index is 0.489. The maximum absolute atomic E-state index is 5.67. The first-order chi connectivity index (χ1) is 8.24. The zero-order valence-corrected chi connectivity index (χ0v) is 10.8. The van der Waals surface area contributed by atoms with Crippen LogP contribution in [0.25, 0.3) is 0 Å². The number of hydrogen-bond acceptors (Lipinski definition) is 4. The number of nitrogens with zero attached hydrogens (tertiary/aromatic N) is 3. The van der Waals surface area contributed by atoms with E-state index in [-0.39, 0.29) is 0 Å². The molecule has 0 unspecified atom stereocenters. The van der Waals surface area contributed by atoms with E-state index in [1.807, 2.05) is 13.0 Å². The summed E-state index contributed by atoms with van der Waals surface area (Å²) in [7, 11) is 0. The van der Waals surface area contributed by atoms with Crippen molar-refractivity contribution in [2.45, 2.75) is 52.1 Å². The highest BCUT2D eigenvalue weighted by molar-refractivity contribution is 5.36. The normalized spacial score (nSPS) is 15.0. The van der Waals surface area contributed by atoms with Crippen molar-refractivity contribution in [2.24, 2.45) is 5.73 Å². The number of aryl methyl sites for hydroxylation is 1. The van der Waals surface area contributed by atoms with Crippen molar-refractivity contribution < 1.29 is 0 Å². The van der Waals surface area contributed by atoms with Crippen molar-refractivity contribution in [3.63, 3.8) is 0 Å². The highest BCUT2D eigenvalue weighted by Crippen LogP contribution is 2.30. The number of rotatable bonds is 6. The lowest BCUT2D eigenvalue weighted by atomic mass is 10.3. The smallest absolute Gasteiger partial charge is 0.226 e. The summed E-state index contributed by atoms with van der Waals surface area (Å²) in [5.74, 6) is 0.876. The fourth-order valence-corrected chi connectivity index (χ4v) is 2.01. The molecule has 2 rings (SSSR count). The highest BCUT2D eigenvalue weighted by Gasteiger charge is 2.30.